The zero-order valence-electron chi connectivity index (χ0n) is 11.1. The number of hydrogen-bond donors (Lipinski definition) is 0. The lowest BCUT2D eigenvalue weighted by Crippen LogP contribution is -2.13. The van der Waals surface area contributed by atoms with Crippen molar-refractivity contribution in [1.82, 2.24) is 0 Å². The molecule has 0 aliphatic rings. The van der Waals surface area contributed by atoms with Gasteiger partial charge in [-0.05, 0) is 26.0 Å². The number of carbonyl (C=O) groups is 2. The molecule has 0 saturated carbocycles. The molecule has 0 unspecified atom stereocenters. The number of halogens is 1. The second-order valence-corrected chi connectivity index (χ2v) is 4.35. The minimum absolute atomic E-state index is 0.204. The van der Waals surface area contributed by atoms with E-state index in [0.29, 0.717) is 0 Å². The Morgan fingerprint density at radius 3 is 2.55 bits per heavy atom. The molecular formula is C13H14FNO5. The van der Waals surface area contributed by atoms with Gasteiger partial charge in [0.25, 0.3) is 0 Å². The highest BCUT2D eigenvalue weighted by molar-refractivity contribution is 6.01. The second-order valence-electron chi connectivity index (χ2n) is 4.35. The van der Waals surface area contributed by atoms with Gasteiger partial charge in [0, 0.05) is 6.42 Å². The molecule has 0 amide bonds. The van der Waals surface area contributed by atoms with E-state index in [1.807, 2.05) is 0 Å². The van der Waals surface area contributed by atoms with E-state index in [1.165, 1.54) is 6.07 Å². The van der Waals surface area contributed by atoms with Gasteiger partial charge < -0.3 is 4.74 Å². The molecule has 0 heterocycles. The van der Waals surface area contributed by atoms with E-state index < -0.39 is 28.2 Å². The van der Waals surface area contributed by atoms with Crippen molar-refractivity contribution in [2.75, 3.05) is 0 Å². The van der Waals surface area contributed by atoms with Crippen molar-refractivity contribution in [3.8, 4) is 0 Å². The van der Waals surface area contributed by atoms with Crippen molar-refractivity contribution >= 4 is 17.4 Å². The van der Waals surface area contributed by atoms with Gasteiger partial charge in [0.05, 0.1) is 23.0 Å². The van der Waals surface area contributed by atoms with Crippen molar-refractivity contribution in [3.63, 3.8) is 0 Å². The fourth-order valence-corrected chi connectivity index (χ4v) is 1.60. The van der Waals surface area contributed by atoms with E-state index in [9.17, 15) is 24.1 Å². The minimum atomic E-state index is -1.08. The lowest BCUT2D eigenvalue weighted by molar-refractivity contribution is -0.387. The summed E-state index contributed by atoms with van der Waals surface area (Å²) in [5, 5.41) is 10.8. The highest BCUT2D eigenvalue weighted by atomic mass is 19.1. The topological polar surface area (TPSA) is 86.5 Å². The van der Waals surface area contributed by atoms with Gasteiger partial charge in [-0.1, -0.05) is 6.07 Å². The van der Waals surface area contributed by atoms with Crippen LogP contribution in [0.25, 0.3) is 0 Å². The van der Waals surface area contributed by atoms with Crippen LogP contribution in [0.5, 0.6) is 0 Å². The number of Topliss-reactive ketones (excluding diaryl/α,β-unsaturated/α-hetero) is 1. The number of nitro groups is 1. The van der Waals surface area contributed by atoms with Crippen molar-refractivity contribution < 1.29 is 23.6 Å². The lowest BCUT2D eigenvalue weighted by Gasteiger charge is -2.07. The fraction of sp³-hybridized carbons (Fsp3) is 0.385. The number of carbonyl (C=O) groups excluding carboxylic acids is 2. The number of para-hydroxylation sites is 1. The van der Waals surface area contributed by atoms with Gasteiger partial charge in [-0.2, -0.15) is 4.39 Å². The average Bonchev–Trinajstić information content (AvgIpc) is 2.34. The Bertz CT molecular complexity index is 542. The van der Waals surface area contributed by atoms with Crippen LogP contribution < -0.4 is 0 Å². The van der Waals surface area contributed by atoms with Crippen LogP contribution in [-0.2, 0) is 9.53 Å². The van der Waals surface area contributed by atoms with Crippen LogP contribution in [-0.4, -0.2) is 22.8 Å². The molecule has 108 valence electrons. The van der Waals surface area contributed by atoms with E-state index >= 15 is 0 Å². The van der Waals surface area contributed by atoms with E-state index in [1.54, 1.807) is 13.8 Å². The molecule has 0 aliphatic carbocycles. The predicted octanol–water partition coefficient (Wildman–Crippen LogP) is 2.65. The quantitative estimate of drug-likeness (QED) is 0.346. The van der Waals surface area contributed by atoms with Crippen LogP contribution in [0, 0.1) is 15.9 Å². The molecule has 1 aromatic carbocycles. The third kappa shape index (κ3) is 4.11. The Morgan fingerprint density at radius 1 is 1.35 bits per heavy atom. The summed E-state index contributed by atoms with van der Waals surface area (Å²) in [6.07, 6.45) is -0.776. The first kappa shape index (κ1) is 15.7. The molecular weight excluding hydrogens is 269 g/mol. The number of hydrogen-bond acceptors (Lipinski definition) is 5. The summed E-state index contributed by atoms with van der Waals surface area (Å²) >= 11 is 0. The number of rotatable bonds is 6. The van der Waals surface area contributed by atoms with Crippen molar-refractivity contribution in [1.29, 1.82) is 0 Å². The van der Waals surface area contributed by atoms with Crippen LogP contribution in [0.15, 0.2) is 18.2 Å². The predicted molar refractivity (Wildman–Crippen MR) is 67.8 cm³/mol. The monoisotopic (exact) mass is 283 g/mol. The maximum Gasteiger partial charge on any atom is 0.315 e. The van der Waals surface area contributed by atoms with Crippen LogP contribution in [0.2, 0.25) is 0 Å². The van der Waals surface area contributed by atoms with Gasteiger partial charge in [-0.25, -0.2) is 0 Å². The molecule has 0 aliphatic heterocycles. The van der Waals surface area contributed by atoms with Gasteiger partial charge >= 0.3 is 11.7 Å². The molecule has 6 nitrogen and oxygen atoms in total. The number of ether oxygens (including phenoxy) is 1. The molecule has 0 aromatic heterocycles. The molecule has 0 N–H and O–H groups in total. The maximum atomic E-state index is 13.3. The molecule has 0 spiro atoms. The van der Waals surface area contributed by atoms with Crippen molar-refractivity contribution in [3.05, 3.63) is 39.7 Å². The van der Waals surface area contributed by atoms with Crippen LogP contribution in [0.1, 0.15) is 37.0 Å². The molecule has 7 heteroatoms. The zero-order chi connectivity index (χ0) is 15.3. The van der Waals surface area contributed by atoms with Crippen molar-refractivity contribution in [2.24, 2.45) is 0 Å². The van der Waals surface area contributed by atoms with Crippen LogP contribution >= 0.6 is 0 Å². The third-order valence-electron chi connectivity index (χ3n) is 2.39. The molecule has 20 heavy (non-hydrogen) atoms. The van der Waals surface area contributed by atoms with Gasteiger partial charge in [0.15, 0.2) is 5.78 Å². The zero-order valence-corrected chi connectivity index (χ0v) is 11.1. The summed E-state index contributed by atoms with van der Waals surface area (Å²) in [5.74, 6) is -2.32. The molecule has 1 aromatic rings. The van der Waals surface area contributed by atoms with E-state index in [0.717, 1.165) is 12.1 Å². The largest absolute Gasteiger partial charge is 0.463 e. The van der Waals surface area contributed by atoms with E-state index in [4.69, 9.17) is 4.74 Å². The van der Waals surface area contributed by atoms with Crippen molar-refractivity contribution in [2.45, 2.75) is 32.8 Å². The number of benzene rings is 1. The first-order valence-corrected chi connectivity index (χ1v) is 5.98. The molecule has 0 atom stereocenters. The average molecular weight is 283 g/mol. The van der Waals surface area contributed by atoms with E-state index in [-0.39, 0.29) is 24.5 Å². The second kappa shape index (κ2) is 6.74. The normalized spacial score (nSPS) is 10.4. The van der Waals surface area contributed by atoms with Crippen LogP contribution in [0.3, 0.4) is 0 Å². The molecule has 0 fully saturated rings. The van der Waals surface area contributed by atoms with Gasteiger partial charge in [0.2, 0.25) is 5.82 Å². The van der Waals surface area contributed by atoms with Gasteiger partial charge in [-0.15, -0.1) is 0 Å². The summed E-state index contributed by atoms with van der Waals surface area (Å²) in [4.78, 5) is 32.9. The highest BCUT2D eigenvalue weighted by Crippen LogP contribution is 2.24. The lowest BCUT2D eigenvalue weighted by atomic mass is 10.0. The molecule has 0 bridgehead atoms. The Kier molecular flexibility index (Phi) is 5.31. The number of nitrogens with zero attached hydrogens (tertiary/aromatic N) is 1. The van der Waals surface area contributed by atoms with Gasteiger partial charge in [0.1, 0.15) is 0 Å². The summed E-state index contributed by atoms with van der Waals surface area (Å²) in [7, 11) is 0. The summed E-state index contributed by atoms with van der Waals surface area (Å²) in [5.41, 5.74) is -1.21. The molecule has 0 radical (unpaired) electrons. The summed E-state index contributed by atoms with van der Waals surface area (Å²) in [6.45, 7) is 3.33. The smallest absolute Gasteiger partial charge is 0.315 e. The maximum absolute atomic E-state index is 13.3. The Labute approximate surface area is 114 Å². The number of esters is 1. The standard InChI is InChI=1S/C13H14FNO5/c1-8(2)20-12(17)7-6-11(16)9-4-3-5-10(14)13(9)15(18)19/h3-5,8H,6-7H2,1-2H3. The van der Waals surface area contributed by atoms with Gasteiger partial charge in [-0.3, -0.25) is 19.7 Å². The first-order valence-electron chi connectivity index (χ1n) is 5.98. The first-order chi connectivity index (χ1) is 9.32. The minimum Gasteiger partial charge on any atom is -0.463 e. The molecule has 1 rings (SSSR count). The SMILES string of the molecule is CC(C)OC(=O)CCC(=O)c1cccc(F)c1[N+](=O)[O-]. The van der Waals surface area contributed by atoms with Crippen LogP contribution in [0.4, 0.5) is 10.1 Å². The number of ketones is 1. The summed E-state index contributed by atoms with van der Waals surface area (Å²) < 4.78 is 18.2. The summed E-state index contributed by atoms with van der Waals surface area (Å²) in [6, 6.07) is 3.28. The Hall–Kier alpha value is -2.31. The molecule has 0 saturated heterocycles. The highest BCUT2D eigenvalue weighted by Gasteiger charge is 2.24. The van der Waals surface area contributed by atoms with E-state index in [2.05, 4.69) is 0 Å². The number of nitro benzene ring substituents is 1. The Balaban J connectivity index is 2.81. The third-order valence-corrected chi connectivity index (χ3v) is 2.39. The fourth-order valence-electron chi connectivity index (χ4n) is 1.60. The Morgan fingerprint density at radius 2 is 2.00 bits per heavy atom.